The van der Waals surface area contributed by atoms with E-state index in [1.54, 1.807) is 53.4 Å². The number of halogens is 1. The summed E-state index contributed by atoms with van der Waals surface area (Å²) in [7, 11) is 1.52. The second-order valence-electron chi connectivity index (χ2n) is 5.50. The van der Waals surface area contributed by atoms with E-state index in [1.807, 2.05) is 12.1 Å². The molecular weight excluding hydrogens is 342 g/mol. The second kappa shape index (κ2) is 7.77. The zero-order chi connectivity index (χ0) is 17.1. The lowest BCUT2D eigenvalue weighted by Crippen LogP contribution is -3.00. The molecule has 1 aromatic heterocycles. The summed E-state index contributed by atoms with van der Waals surface area (Å²) in [6.07, 6.45) is 3.49. The van der Waals surface area contributed by atoms with Gasteiger partial charge in [-0.3, -0.25) is 14.9 Å². The Morgan fingerprint density at radius 2 is 1.76 bits per heavy atom. The fourth-order valence-electron chi connectivity index (χ4n) is 3.13. The van der Waals surface area contributed by atoms with Crippen molar-refractivity contribution in [2.45, 2.75) is 12.0 Å². The molecule has 0 aliphatic carbocycles. The van der Waals surface area contributed by atoms with Crippen LogP contribution in [-0.2, 0) is 9.59 Å². The van der Waals surface area contributed by atoms with Gasteiger partial charge in [-0.25, -0.2) is 0 Å². The van der Waals surface area contributed by atoms with Gasteiger partial charge in [-0.15, -0.1) is 0 Å². The van der Waals surface area contributed by atoms with Crippen LogP contribution < -0.4 is 27.0 Å². The average molecular weight is 358 g/mol. The lowest BCUT2D eigenvalue weighted by atomic mass is 9.77. The van der Waals surface area contributed by atoms with Crippen molar-refractivity contribution in [3.63, 3.8) is 0 Å². The van der Waals surface area contributed by atoms with E-state index < -0.39 is 29.7 Å². The van der Waals surface area contributed by atoms with Crippen LogP contribution in [0.25, 0.3) is 0 Å². The number of carbonyl (C=O) groups is 2. The summed E-state index contributed by atoms with van der Waals surface area (Å²) >= 11 is 0. The number of imide groups is 1. The van der Waals surface area contributed by atoms with E-state index >= 15 is 0 Å². The van der Waals surface area contributed by atoms with Crippen molar-refractivity contribution < 1.29 is 31.3 Å². The Kier molecular flexibility index (Phi) is 5.73. The van der Waals surface area contributed by atoms with E-state index in [1.165, 1.54) is 7.11 Å². The quantitative estimate of drug-likeness (QED) is 0.514. The maximum Gasteiger partial charge on any atom is 0.296 e. The first kappa shape index (κ1) is 18.4. The summed E-state index contributed by atoms with van der Waals surface area (Å²) in [5.74, 6) is -2.09. The minimum absolute atomic E-state index is 0. The second-order valence-corrected chi connectivity index (χ2v) is 5.50. The average Bonchev–Trinajstić information content (AvgIpc) is 2.62. The van der Waals surface area contributed by atoms with E-state index in [0.717, 1.165) is 0 Å². The summed E-state index contributed by atoms with van der Waals surface area (Å²) in [4.78, 5) is 24.7. The lowest BCUT2D eigenvalue weighted by molar-refractivity contribution is -0.713. The number of nitrogens with one attached hydrogen (secondary N) is 1. The van der Waals surface area contributed by atoms with E-state index in [0.29, 0.717) is 11.3 Å². The number of ether oxygens (including phenoxy) is 1. The topological polar surface area (TPSA) is 83.1 Å². The Labute approximate surface area is 151 Å². The molecule has 1 N–H and O–H groups in total. The third kappa shape index (κ3) is 3.32. The molecule has 0 spiro atoms. The van der Waals surface area contributed by atoms with E-state index in [2.05, 4.69) is 5.32 Å². The molecule has 0 saturated carbocycles. The molecular formula is C18H16ClN3O3. The van der Waals surface area contributed by atoms with Crippen LogP contribution in [0.3, 0.4) is 0 Å². The van der Waals surface area contributed by atoms with Crippen molar-refractivity contribution in [3.05, 3.63) is 60.4 Å². The van der Waals surface area contributed by atoms with Crippen LogP contribution in [0.2, 0.25) is 0 Å². The summed E-state index contributed by atoms with van der Waals surface area (Å²) in [6.45, 7) is 0. The molecule has 25 heavy (non-hydrogen) atoms. The van der Waals surface area contributed by atoms with Crippen LogP contribution in [0, 0.1) is 17.2 Å². The fourth-order valence-corrected chi connectivity index (χ4v) is 3.13. The smallest absolute Gasteiger partial charge is 0.296 e. The van der Waals surface area contributed by atoms with Gasteiger partial charge in [0.1, 0.15) is 11.7 Å². The number of nitrogens with zero attached hydrogens (tertiary/aromatic N) is 2. The van der Waals surface area contributed by atoms with Gasteiger partial charge in [-0.1, -0.05) is 24.3 Å². The van der Waals surface area contributed by atoms with E-state index in [-0.39, 0.29) is 12.4 Å². The number of para-hydroxylation sites is 1. The lowest BCUT2D eigenvalue weighted by Gasteiger charge is -2.30. The summed E-state index contributed by atoms with van der Waals surface area (Å²) in [6, 6.07) is 13.9. The molecule has 3 atom stereocenters. The van der Waals surface area contributed by atoms with E-state index in [4.69, 9.17) is 4.74 Å². The number of benzene rings is 1. The Bertz CT molecular complexity index is 820. The number of pyridine rings is 1. The van der Waals surface area contributed by atoms with Crippen molar-refractivity contribution in [3.8, 4) is 11.8 Å². The number of amides is 2. The molecule has 1 aliphatic heterocycles. The predicted octanol–water partition coefficient (Wildman–Crippen LogP) is -1.89. The number of methoxy groups -OCH3 is 1. The molecule has 0 radical (unpaired) electrons. The standard InChI is InChI=1S/C18H15N3O3.ClH/c1-24-14-8-4-3-7-12(14)15-13(11-19)17(22)20-18(23)16(15)21-9-5-2-6-10-21;/h2-10,13,15-16H,1H3;1H. The molecule has 2 aromatic rings. The van der Waals surface area contributed by atoms with Crippen molar-refractivity contribution in [1.82, 2.24) is 5.32 Å². The predicted molar refractivity (Wildman–Crippen MR) is 83.7 cm³/mol. The number of piperidine rings is 1. The van der Waals surface area contributed by atoms with Crippen LogP contribution in [-0.4, -0.2) is 18.9 Å². The molecule has 1 aliphatic rings. The van der Waals surface area contributed by atoms with Gasteiger partial charge in [0.2, 0.25) is 11.9 Å². The number of rotatable bonds is 3. The van der Waals surface area contributed by atoms with Crippen LogP contribution in [0.1, 0.15) is 17.5 Å². The molecule has 7 heteroatoms. The fraction of sp³-hybridized carbons (Fsp3) is 0.222. The van der Waals surface area contributed by atoms with Gasteiger partial charge in [0.05, 0.1) is 19.1 Å². The Morgan fingerprint density at radius 1 is 1.08 bits per heavy atom. The normalized spacial score (nSPS) is 22.3. The minimum atomic E-state index is -0.989. The first-order valence-corrected chi connectivity index (χ1v) is 7.50. The molecule has 1 aromatic carbocycles. The maximum atomic E-state index is 12.5. The molecule has 2 amide bonds. The largest absolute Gasteiger partial charge is 1.00 e. The van der Waals surface area contributed by atoms with Gasteiger partial charge in [0, 0.05) is 17.7 Å². The van der Waals surface area contributed by atoms with Crippen molar-refractivity contribution >= 4 is 11.8 Å². The Morgan fingerprint density at radius 3 is 2.40 bits per heavy atom. The number of hydrogen-bond donors (Lipinski definition) is 1. The van der Waals surface area contributed by atoms with Crippen LogP contribution in [0.5, 0.6) is 5.75 Å². The molecule has 3 unspecified atom stereocenters. The highest BCUT2D eigenvalue weighted by Crippen LogP contribution is 2.40. The van der Waals surface area contributed by atoms with Crippen molar-refractivity contribution in [2.75, 3.05) is 7.11 Å². The SMILES string of the molecule is COc1ccccc1C1C(C#N)C(=O)NC(=O)C1[n+]1ccccc1.[Cl-]. The zero-order valence-corrected chi connectivity index (χ0v) is 14.2. The molecule has 3 rings (SSSR count). The van der Waals surface area contributed by atoms with Crippen molar-refractivity contribution in [1.29, 1.82) is 5.26 Å². The zero-order valence-electron chi connectivity index (χ0n) is 13.4. The van der Waals surface area contributed by atoms with Gasteiger partial charge >= 0.3 is 0 Å². The number of nitriles is 1. The maximum absolute atomic E-state index is 12.5. The summed E-state index contributed by atoms with van der Waals surface area (Å²) in [5, 5.41) is 11.8. The Hall–Kier alpha value is -2.91. The van der Waals surface area contributed by atoms with Crippen LogP contribution in [0.15, 0.2) is 54.9 Å². The van der Waals surface area contributed by atoms with Gasteiger partial charge < -0.3 is 17.1 Å². The number of carbonyl (C=O) groups excluding carboxylic acids is 2. The highest BCUT2D eigenvalue weighted by Gasteiger charge is 2.51. The highest BCUT2D eigenvalue weighted by molar-refractivity contribution is 6.02. The first-order valence-electron chi connectivity index (χ1n) is 7.50. The number of hydrogen-bond acceptors (Lipinski definition) is 4. The van der Waals surface area contributed by atoms with Gasteiger partial charge in [0.15, 0.2) is 12.4 Å². The third-order valence-corrected chi connectivity index (χ3v) is 4.19. The molecule has 6 nitrogen and oxygen atoms in total. The molecule has 1 saturated heterocycles. The minimum Gasteiger partial charge on any atom is -1.00 e. The summed E-state index contributed by atoms with van der Waals surface area (Å²) < 4.78 is 7.10. The van der Waals surface area contributed by atoms with Crippen LogP contribution in [0.4, 0.5) is 0 Å². The first-order chi connectivity index (χ1) is 11.7. The highest BCUT2D eigenvalue weighted by atomic mass is 35.5. The van der Waals surface area contributed by atoms with Gasteiger partial charge in [-0.2, -0.15) is 9.83 Å². The van der Waals surface area contributed by atoms with Crippen molar-refractivity contribution in [2.24, 2.45) is 5.92 Å². The Balaban J connectivity index is 0.00000225. The van der Waals surface area contributed by atoms with Crippen LogP contribution >= 0.6 is 0 Å². The van der Waals surface area contributed by atoms with E-state index in [9.17, 15) is 14.9 Å². The molecule has 2 heterocycles. The van der Waals surface area contributed by atoms with Gasteiger partial charge in [-0.05, 0) is 6.07 Å². The molecule has 1 fully saturated rings. The molecule has 128 valence electrons. The summed E-state index contributed by atoms with van der Waals surface area (Å²) in [5.41, 5.74) is 0.663. The monoisotopic (exact) mass is 357 g/mol. The van der Waals surface area contributed by atoms with Gasteiger partial charge in [0.25, 0.3) is 5.91 Å². The third-order valence-electron chi connectivity index (χ3n) is 4.19. The number of aromatic nitrogens is 1. The molecule has 0 bridgehead atoms.